The van der Waals surface area contributed by atoms with Crippen LogP contribution in [-0.4, -0.2) is 30.4 Å². The summed E-state index contributed by atoms with van der Waals surface area (Å²) >= 11 is 10.9. The standard InChI is InChI=1S/C17H7Cl2F9N2O3/c18-5-4-8(29-15(32)30-13(31)9-6(20)2-1-3-7(9)21)11(22)10(19)12(5)33-17(27,28)14(23)16(24,25)26/h1-4,14H,(H2,29,30,31,32). The molecule has 0 fully saturated rings. The van der Waals surface area contributed by atoms with Gasteiger partial charge in [0.15, 0.2) is 11.6 Å². The first-order chi connectivity index (χ1) is 15.1. The number of hydrogen-bond acceptors (Lipinski definition) is 3. The number of amides is 3. The normalized spacial score (nSPS) is 12.8. The number of urea groups is 1. The zero-order chi connectivity index (χ0) is 25.3. The largest absolute Gasteiger partial charge is 0.439 e. The molecule has 3 amide bonds. The number of carbonyl (C=O) groups excluding carboxylic acids is 2. The van der Waals surface area contributed by atoms with Gasteiger partial charge in [-0.2, -0.15) is 22.0 Å². The van der Waals surface area contributed by atoms with Crippen LogP contribution < -0.4 is 15.4 Å². The molecule has 0 saturated carbocycles. The van der Waals surface area contributed by atoms with Crippen LogP contribution in [0.25, 0.3) is 0 Å². The van der Waals surface area contributed by atoms with Gasteiger partial charge < -0.3 is 10.1 Å². The van der Waals surface area contributed by atoms with Crippen molar-refractivity contribution in [3.63, 3.8) is 0 Å². The topological polar surface area (TPSA) is 67.4 Å². The lowest BCUT2D eigenvalue weighted by Crippen LogP contribution is -2.45. The van der Waals surface area contributed by atoms with Crippen LogP contribution >= 0.6 is 23.2 Å². The predicted molar refractivity (Wildman–Crippen MR) is 95.8 cm³/mol. The Morgan fingerprint density at radius 2 is 1.55 bits per heavy atom. The summed E-state index contributed by atoms with van der Waals surface area (Å²) in [5.74, 6) is -7.67. The van der Waals surface area contributed by atoms with Gasteiger partial charge in [0.1, 0.15) is 22.2 Å². The maximum atomic E-state index is 14.3. The summed E-state index contributed by atoms with van der Waals surface area (Å²) in [5.41, 5.74) is -2.19. The summed E-state index contributed by atoms with van der Waals surface area (Å²) in [6.07, 6.45) is -16.4. The van der Waals surface area contributed by atoms with Crippen molar-refractivity contribution in [2.45, 2.75) is 18.5 Å². The van der Waals surface area contributed by atoms with E-state index in [4.69, 9.17) is 23.2 Å². The van der Waals surface area contributed by atoms with E-state index >= 15 is 0 Å². The number of imide groups is 1. The summed E-state index contributed by atoms with van der Waals surface area (Å²) in [5, 5.41) is 0.454. The van der Waals surface area contributed by atoms with E-state index in [1.54, 1.807) is 5.32 Å². The number of rotatable bonds is 5. The van der Waals surface area contributed by atoms with Gasteiger partial charge in [0.25, 0.3) is 12.1 Å². The number of alkyl halides is 6. The highest BCUT2D eigenvalue weighted by Crippen LogP contribution is 2.44. The average Bonchev–Trinajstić information content (AvgIpc) is 2.67. The minimum atomic E-state index is -6.05. The van der Waals surface area contributed by atoms with Crippen molar-refractivity contribution in [3.05, 3.63) is 57.3 Å². The first-order valence-electron chi connectivity index (χ1n) is 8.07. The lowest BCUT2D eigenvalue weighted by Gasteiger charge is -2.24. The first-order valence-corrected chi connectivity index (χ1v) is 8.83. The van der Waals surface area contributed by atoms with E-state index in [1.807, 2.05) is 0 Å². The van der Waals surface area contributed by atoms with E-state index in [2.05, 4.69) is 4.74 Å². The van der Waals surface area contributed by atoms with Gasteiger partial charge in [-0.15, -0.1) is 0 Å². The Hall–Kier alpha value is -2.87. The number of halogens is 11. The highest BCUT2D eigenvalue weighted by molar-refractivity contribution is 6.37. The molecule has 0 aromatic heterocycles. The zero-order valence-corrected chi connectivity index (χ0v) is 16.8. The molecule has 0 saturated heterocycles. The molecule has 180 valence electrons. The summed E-state index contributed by atoms with van der Waals surface area (Å²) in [6, 6.07) is 1.04. The lowest BCUT2D eigenvalue weighted by atomic mass is 10.2. The van der Waals surface area contributed by atoms with Crippen molar-refractivity contribution < 1.29 is 53.8 Å². The highest BCUT2D eigenvalue weighted by atomic mass is 35.5. The van der Waals surface area contributed by atoms with Crippen LogP contribution in [0.4, 0.5) is 50.0 Å². The molecule has 2 rings (SSSR count). The molecule has 2 aromatic carbocycles. The van der Waals surface area contributed by atoms with E-state index in [-0.39, 0.29) is 0 Å². The van der Waals surface area contributed by atoms with Crippen LogP contribution in [0, 0.1) is 17.5 Å². The van der Waals surface area contributed by atoms with E-state index in [9.17, 15) is 49.1 Å². The molecule has 0 radical (unpaired) electrons. The monoisotopic (exact) mass is 528 g/mol. The molecular weight excluding hydrogens is 522 g/mol. The van der Waals surface area contributed by atoms with Crippen molar-refractivity contribution in [2.75, 3.05) is 5.32 Å². The average molecular weight is 529 g/mol. The SMILES string of the molecule is O=C(NC(=O)c1c(F)cccc1F)Nc1cc(Cl)c(OC(F)(F)C(F)C(F)(F)F)c(Cl)c1F. The summed E-state index contributed by atoms with van der Waals surface area (Å²) in [7, 11) is 0. The quantitative estimate of drug-likeness (QED) is 0.356. The van der Waals surface area contributed by atoms with E-state index in [0.717, 1.165) is 6.07 Å². The molecule has 33 heavy (non-hydrogen) atoms. The summed E-state index contributed by atoms with van der Waals surface area (Å²) < 4.78 is 121. The number of anilines is 1. The fourth-order valence-electron chi connectivity index (χ4n) is 2.18. The Morgan fingerprint density at radius 1 is 1.00 bits per heavy atom. The van der Waals surface area contributed by atoms with Crippen LogP contribution in [0.15, 0.2) is 24.3 Å². The van der Waals surface area contributed by atoms with Gasteiger partial charge in [-0.3, -0.25) is 10.1 Å². The van der Waals surface area contributed by atoms with Crippen LogP contribution in [0.3, 0.4) is 0 Å². The Labute approximate surface area is 187 Å². The van der Waals surface area contributed by atoms with Gasteiger partial charge in [0.05, 0.1) is 10.7 Å². The molecule has 0 aliphatic heterocycles. The van der Waals surface area contributed by atoms with Crippen LogP contribution in [0.5, 0.6) is 5.75 Å². The highest BCUT2D eigenvalue weighted by Gasteiger charge is 2.59. The fourth-order valence-corrected chi connectivity index (χ4v) is 2.71. The zero-order valence-electron chi connectivity index (χ0n) is 15.3. The molecule has 5 nitrogen and oxygen atoms in total. The smallest absolute Gasteiger partial charge is 0.427 e. The van der Waals surface area contributed by atoms with E-state index < -0.39 is 74.9 Å². The Kier molecular flexibility index (Phi) is 7.63. The van der Waals surface area contributed by atoms with E-state index in [1.165, 1.54) is 5.32 Å². The van der Waals surface area contributed by atoms with Gasteiger partial charge in [-0.25, -0.2) is 22.4 Å². The predicted octanol–water partition coefficient (Wildman–Crippen LogP) is 6.24. The Bertz CT molecular complexity index is 1080. The van der Waals surface area contributed by atoms with Gasteiger partial charge in [0, 0.05) is 0 Å². The summed E-state index contributed by atoms with van der Waals surface area (Å²) in [6.45, 7) is 0. The molecule has 0 spiro atoms. The minimum absolute atomic E-state index is 0.322. The van der Waals surface area contributed by atoms with Crippen molar-refractivity contribution in [1.29, 1.82) is 0 Å². The second kappa shape index (κ2) is 9.55. The number of ether oxygens (including phenoxy) is 1. The molecule has 16 heteroatoms. The molecule has 1 unspecified atom stereocenters. The number of nitrogens with one attached hydrogen (secondary N) is 2. The minimum Gasteiger partial charge on any atom is -0.427 e. The van der Waals surface area contributed by atoms with Gasteiger partial charge in [0.2, 0.25) is 0 Å². The lowest BCUT2D eigenvalue weighted by molar-refractivity contribution is -0.304. The molecular formula is C17H7Cl2F9N2O3. The molecule has 0 bridgehead atoms. The molecule has 1 atom stereocenters. The van der Waals surface area contributed by atoms with Gasteiger partial charge in [-0.05, 0) is 18.2 Å². The maximum Gasteiger partial charge on any atom is 0.439 e. The van der Waals surface area contributed by atoms with Crippen LogP contribution in [-0.2, 0) is 0 Å². The fraction of sp³-hybridized carbons (Fsp3) is 0.176. The third kappa shape index (κ3) is 5.93. The number of carbonyl (C=O) groups is 2. The molecule has 2 N–H and O–H groups in total. The van der Waals surface area contributed by atoms with Crippen LogP contribution in [0.1, 0.15) is 10.4 Å². The van der Waals surface area contributed by atoms with Gasteiger partial charge >= 0.3 is 18.3 Å². The van der Waals surface area contributed by atoms with Crippen molar-refractivity contribution in [1.82, 2.24) is 5.32 Å². The van der Waals surface area contributed by atoms with E-state index in [0.29, 0.717) is 18.2 Å². The number of hydrogen-bond donors (Lipinski definition) is 2. The van der Waals surface area contributed by atoms with Gasteiger partial charge in [-0.1, -0.05) is 29.3 Å². The first kappa shape index (κ1) is 26.4. The maximum absolute atomic E-state index is 14.3. The number of benzene rings is 2. The molecule has 0 aliphatic rings. The molecule has 0 heterocycles. The third-order valence-corrected chi connectivity index (χ3v) is 4.22. The summed E-state index contributed by atoms with van der Waals surface area (Å²) in [4.78, 5) is 23.7. The second-order valence-corrected chi connectivity index (χ2v) is 6.72. The van der Waals surface area contributed by atoms with Crippen LogP contribution in [0.2, 0.25) is 10.0 Å². The Morgan fingerprint density at radius 3 is 2.06 bits per heavy atom. The molecule has 0 aliphatic carbocycles. The van der Waals surface area contributed by atoms with Crippen molar-refractivity contribution in [3.8, 4) is 5.75 Å². The third-order valence-electron chi connectivity index (χ3n) is 3.60. The second-order valence-electron chi connectivity index (χ2n) is 5.94. The van der Waals surface area contributed by atoms with Crippen molar-refractivity contribution in [2.24, 2.45) is 0 Å². The molecule has 2 aromatic rings. The van der Waals surface area contributed by atoms with Crippen molar-refractivity contribution >= 4 is 40.8 Å². The Balaban J connectivity index is 2.25.